The molecule has 0 saturated heterocycles. The molecule has 14 heavy (non-hydrogen) atoms. The van der Waals surface area contributed by atoms with Crippen LogP contribution in [0.25, 0.3) is 0 Å². The quantitative estimate of drug-likeness (QED) is 0.805. The first-order valence-electron chi connectivity index (χ1n) is 4.82. The van der Waals surface area contributed by atoms with Crippen LogP contribution in [0.4, 0.5) is 0 Å². The van der Waals surface area contributed by atoms with Crippen molar-refractivity contribution in [1.82, 2.24) is 0 Å². The van der Waals surface area contributed by atoms with E-state index in [-0.39, 0.29) is 5.41 Å². The van der Waals surface area contributed by atoms with Crippen molar-refractivity contribution in [1.29, 1.82) is 0 Å². The molecule has 1 aromatic rings. The fourth-order valence-electron chi connectivity index (χ4n) is 1.78. The van der Waals surface area contributed by atoms with Gasteiger partial charge in [0.05, 0.1) is 6.10 Å². The predicted octanol–water partition coefficient (Wildman–Crippen LogP) is 2.11. The first-order valence-corrected chi connectivity index (χ1v) is 5.20. The highest BCUT2D eigenvalue weighted by molar-refractivity contribution is 6.31. The zero-order chi connectivity index (χ0) is 10.2. The minimum atomic E-state index is -0.513. The van der Waals surface area contributed by atoms with E-state index in [4.69, 9.17) is 17.3 Å². The summed E-state index contributed by atoms with van der Waals surface area (Å²) in [6.45, 7) is 0.527. The first kappa shape index (κ1) is 9.97. The van der Waals surface area contributed by atoms with Gasteiger partial charge in [0.15, 0.2) is 0 Å². The molecule has 1 unspecified atom stereocenters. The molecule has 3 heteroatoms. The van der Waals surface area contributed by atoms with Gasteiger partial charge in [0.25, 0.3) is 0 Å². The topological polar surface area (TPSA) is 46.2 Å². The van der Waals surface area contributed by atoms with Crippen LogP contribution in [0.1, 0.15) is 24.5 Å². The Balaban J connectivity index is 2.27. The van der Waals surface area contributed by atoms with E-state index in [1.54, 1.807) is 6.07 Å². The van der Waals surface area contributed by atoms with Gasteiger partial charge in [0, 0.05) is 17.0 Å². The predicted molar refractivity (Wildman–Crippen MR) is 57.1 cm³/mol. The molecule has 2 rings (SSSR count). The summed E-state index contributed by atoms with van der Waals surface area (Å²) in [6.07, 6.45) is 1.48. The maximum atomic E-state index is 10.1. The second-order valence-corrected chi connectivity index (χ2v) is 4.40. The molecule has 0 spiro atoms. The molecule has 1 aliphatic rings. The Morgan fingerprint density at radius 2 is 2.07 bits per heavy atom. The van der Waals surface area contributed by atoms with Gasteiger partial charge in [-0.15, -0.1) is 0 Å². The number of benzene rings is 1. The van der Waals surface area contributed by atoms with Crippen molar-refractivity contribution in [3.8, 4) is 0 Å². The van der Waals surface area contributed by atoms with Gasteiger partial charge in [0.1, 0.15) is 0 Å². The Morgan fingerprint density at radius 1 is 1.43 bits per heavy atom. The molecule has 0 radical (unpaired) electrons. The fourth-order valence-corrected chi connectivity index (χ4v) is 2.02. The van der Waals surface area contributed by atoms with Gasteiger partial charge >= 0.3 is 0 Å². The van der Waals surface area contributed by atoms with Gasteiger partial charge in [-0.1, -0.05) is 29.8 Å². The molecular formula is C11H14ClNO. The third-order valence-electron chi connectivity index (χ3n) is 3.08. The molecular weight excluding hydrogens is 198 g/mol. The lowest BCUT2D eigenvalue weighted by Gasteiger charge is -2.21. The van der Waals surface area contributed by atoms with Crippen LogP contribution in [0.3, 0.4) is 0 Å². The molecule has 0 aliphatic heterocycles. The number of nitrogens with two attached hydrogens (primary N) is 1. The van der Waals surface area contributed by atoms with E-state index in [1.165, 1.54) is 0 Å². The molecule has 76 valence electrons. The van der Waals surface area contributed by atoms with Gasteiger partial charge in [-0.3, -0.25) is 0 Å². The summed E-state index contributed by atoms with van der Waals surface area (Å²) in [5, 5.41) is 10.8. The lowest BCUT2D eigenvalue weighted by molar-refractivity contribution is 0.0976. The average molecular weight is 212 g/mol. The van der Waals surface area contributed by atoms with E-state index in [1.807, 2.05) is 18.2 Å². The highest BCUT2D eigenvalue weighted by Gasteiger charge is 2.48. The first-order chi connectivity index (χ1) is 6.69. The Morgan fingerprint density at radius 3 is 2.57 bits per heavy atom. The Hall–Kier alpha value is -0.570. The summed E-state index contributed by atoms with van der Waals surface area (Å²) in [5.74, 6) is 0. The monoisotopic (exact) mass is 211 g/mol. The summed E-state index contributed by atoms with van der Waals surface area (Å²) in [5.41, 5.74) is 6.35. The molecule has 1 aromatic carbocycles. The van der Waals surface area contributed by atoms with Crippen LogP contribution < -0.4 is 5.73 Å². The smallest absolute Gasteiger partial charge is 0.0872 e. The van der Waals surface area contributed by atoms with Crippen LogP contribution in [0.5, 0.6) is 0 Å². The van der Waals surface area contributed by atoms with Crippen molar-refractivity contribution in [2.24, 2.45) is 11.1 Å². The molecule has 1 atom stereocenters. The van der Waals surface area contributed by atoms with Gasteiger partial charge < -0.3 is 10.8 Å². The Labute approximate surface area is 88.7 Å². The number of hydrogen-bond acceptors (Lipinski definition) is 2. The van der Waals surface area contributed by atoms with E-state index in [0.717, 1.165) is 18.4 Å². The van der Waals surface area contributed by atoms with E-state index in [2.05, 4.69) is 0 Å². The summed E-state index contributed by atoms with van der Waals surface area (Å²) in [6, 6.07) is 7.41. The van der Waals surface area contributed by atoms with Crippen molar-refractivity contribution in [3.63, 3.8) is 0 Å². The van der Waals surface area contributed by atoms with E-state index in [9.17, 15) is 5.11 Å². The van der Waals surface area contributed by atoms with E-state index in [0.29, 0.717) is 11.6 Å². The highest BCUT2D eigenvalue weighted by Crippen LogP contribution is 2.54. The normalized spacial score (nSPS) is 20.5. The molecule has 1 fully saturated rings. The maximum Gasteiger partial charge on any atom is 0.0872 e. The second-order valence-electron chi connectivity index (χ2n) is 3.99. The fraction of sp³-hybridized carbons (Fsp3) is 0.455. The highest BCUT2D eigenvalue weighted by atomic mass is 35.5. The Kier molecular flexibility index (Phi) is 2.52. The summed E-state index contributed by atoms with van der Waals surface area (Å²) in [4.78, 5) is 0. The third-order valence-corrected chi connectivity index (χ3v) is 3.42. The SMILES string of the molecule is NCC1(C(O)c2ccccc2Cl)CC1. The molecule has 3 N–H and O–H groups in total. The molecule has 2 nitrogen and oxygen atoms in total. The van der Waals surface area contributed by atoms with Gasteiger partial charge in [-0.05, 0) is 24.5 Å². The second kappa shape index (κ2) is 3.54. The lowest BCUT2D eigenvalue weighted by atomic mass is 9.93. The zero-order valence-electron chi connectivity index (χ0n) is 7.91. The number of aliphatic hydroxyl groups is 1. The standard InChI is InChI=1S/C11H14ClNO/c12-9-4-2-1-3-8(9)10(14)11(7-13)5-6-11/h1-4,10,14H,5-7,13H2. The summed E-state index contributed by atoms with van der Waals surface area (Å²) in [7, 11) is 0. The largest absolute Gasteiger partial charge is 0.388 e. The molecule has 0 heterocycles. The minimum absolute atomic E-state index is 0.106. The average Bonchev–Trinajstić information content (AvgIpc) is 2.98. The van der Waals surface area contributed by atoms with Gasteiger partial charge in [-0.2, -0.15) is 0 Å². The van der Waals surface area contributed by atoms with E-state index < -0.39 is 6.10 Å². The molecule has 0 bridgehead atoms. The number of aliphatic hydroxyl groups excluding tert-OH is 1. The van der Waals surface area contributed by atoms with Crippen LogP contribution in [0.15, 0.2) is 24.3 Å². The van der Waals surface area contributed by atoms with Crippen LogP contribution in [0, 0.1) is 5.41 Å². The summed E-state index contributed by atoms with van der Waals surface area (Å²) < 4.78 is 0. The van der Waals surface area contributed by atoms with Crippen LogP contribution in [-0.2, 0) is 0 Å². The van der Waals surface area contributed by atoms with Crippen molar-refractivity contribution >= 4 is 11.6 Å². The molecule has 0 aromatic heterocycles. The lowest BCUT2D eigenvalue weighted by Crippen LogP contribution is -2.23. The third kappa shape index (κ3) is 1.54. The summed E-state index contributed by atoms with van der Waals surface area (Å²) >= 11 is 6.01. The molecule has 1 aliphatic carbocycles. The van der Waals surface area contributed by atoms with Crippen LogP contribution in [0.2, 0.25) is 5.02 Å². The Bertz CT molecular complexity index is 336. The van der Waals surface area contributed by atoms with Crippen molar-refractivity contribution in [2.75, 3.05) is 6.54 Å². The number of halogens is 1. The van der Waals surface area contributed by atoms with Gasteiger partial charge in [-0.25, -0.2) is 0 Å². The van der Waals surface area contributed by atoms with Crippen LogP contribution >= 0.6 is 11.6 Å². The van der Waals surface area contributed by atoms with Gasteiger partial charge in [0.2, 0.25) is 0 Å². The van der Waals surface area contributed by atoms with Crippen molar-refractivity contribution in [2.45, 2.75) is 18.9 Å². The van der Waals surface area contributed by atoms with Crippen LogP contribution in [-0.4, -0.2) is 11.7 Å². The number of hydrogen-bond donors (Lipinski definition) is 2. The minimum Gasteiger partial charge on any atom is -0.388 e. The van der Waals surface area contributed by atoms with Crippen molar-refractivity contribution in [3.05, 3.63) is 34.9 Å². The van der Waals surface area contributed by atoms with Crippen molar-refractivity contribution < 1.29 is 5.11 Å². The van der Waals surface area contributed by atoms with E-state index >= 15 is 0 Å². The number of rotatable bonds is 3. The zero-order valence-corrected chi connectivity index (χ0v) is 8.67. The molecule has 1 saturated carbocycles. The maximum absolute atomic E-state index is 10.1. The molecule has 0 amide bonds.